The average Bonchev–Trinajstić information content (AvgIpc) is 1.55. The maximum atomic E-state index is 14.1. The number of ether oxygens (including phenoxy) is 28. The molecule has 2 N–H and O–H groups in total. The smallest absolute Gasteiger partial charge is 0.303 e. The topological polar surface area (TPSA) is 391 Å². The van der Waals surface area contributed by atoms with Gasteiger partial charge in [0, 0.05) is 56.9 Å². The zero-order valence-corrected chi connectivity index (χ0v) is 78.2. The number of rotatable bonds is 36. The van der Waals surface area contributed by atoms with Crippen LogP contribution in [0.15, 0.2) is 217 Å². The van der Waals surface area contributed by atoms with Crippen molar-refractivity contribution in [1.82, 2.24) is 5.32 Å². The summed E-state index contributed by atoms with van der Waals surface area (Å²) in [5.74, 6) is -3.75. The van der Waals surface area contributed by atoms with Gasteiger partial charge in [-0.2, -0.15) is 0 Å². The highest BCUT2D eigenvalue weighted by Crippen LogP contribution is 2.54. The highest BCUT2D eigenvalue weighted by Gasteiger charge is 2.70. The summed E-state index contributed by atoms with van der Waals surface area (Å²) in [4.78, 5) is 44.1. The minimum atomic E-state index is -1.79. The van der Waals surface area contributed by atoms with Gasteiger partial charge in [-0.3, -0.25) is 14.4 Å². The molecule has 0 aromatic heterocycles. The lowest BCUT2D eigenvalue weighted by Gasteiger charge is -2.52. The van der Waals surface area contributed by atoms with Gasteiger partial charge in [-0.05, 0) is 64.6 Å². The van der Waals surface area contributed by atoms with Gasteiger partial charge in [0.25, 0.3) is 0 Å². The predicted molar refractivity (Wildman–Crippen MR) is 485 cm³/mol. The molecule has 10 heterocycles. The minimum Gasteiger partial charge on any atom is -0.463 e. The normalized spacial score (nSPS) is 36.3. The molecule has 2 unspecified atom stereocenters. The van der Waals surface area contributed by atoms with Gasteiger partial charge in [-0.1, -0.05) is 230 Å². The number of hydrogen-bond donors (Lipinski definition) is 2. The first-order chi connectivity index (χ1) is 68.6. The summed E-state index contributed by atoms with van der Waals surface area (Å²) in [5, 5.41) is 21.1. The zero-order valence-electron chi connectivity index (χ0n) is 78.2. The first kappa shape index (κ1) is 98.6. The van der Waals surface area contributed by atoms with Crippen LogP contribution in [-0.2, 0) is 187 Å². The number of fused-ring (bicyclic) bond motifs is 6. The van der Waals surface area contributed by atoms with E-state index in [1.807, 2.05) is 212 Å². The molecule has 0 bridgehead atoms. The number of esters is 2. The largest absolute Gasteiger partial charge is 0.463 e. The number of aliphatic hydroxyl groups is 1. The second kappa shape index (κ2) is 46.1. The molecule has 13 fully saturated rings. The van der Waals surface area contributed by atoms with E-state index in [4.69, 9.17) is 133 Å². The van der Waals surface area contributed by atoms with Crippen molar-refractivity contribution in [3.63, 3.8) is 0 Å². The van der Waals surface area contributed by atoms with Crippen LogP contribution in [0.1, 0.15) is 130 Å². The molecule has 1 amide bonds. The van der Waals surface area contributed by atoms with E-state index < -0.39 is 233 Å². The fourth-order valence-corrected chi connectivity index (χ4v) is 21.4. The van der Waals surface area contributed by atoms with E-state index in [9.17, 15) is 25.0 Å². The molecule has 36 nitrogen and oxygen atoms in total. The van der Waals surface area contributed by atoms with Gasteiger partial charge in [0.15, 0.2) is 61.7 Å². The summed E-state index contributed by atoms with van der Waals surface area (Å²) in [6.07, 6.45) is -29.2. The fourth-order valence-electron chi connectivity index (χ4n) is 21.4. The van der Waals surface area contributed by atoms with Crippen LogP contribution in [0, 0.1) is 0 Å². The first-order valence-electron chi connectivity index (χ1n) is 48.8. The Morgan fingerprint density at radius 2 is 0.807 bits per heavy atom. The minimum absolute atomic E-state index is 0.0175. The summed E-state index contributed by atoms with van der Waals surface area (Å²) >= 11 is 0. The third-order valence-electron chi connectivity index (χ3n) is 28.0. The van der Waals surface area contributed by atoms with Crippen molar-refractivity contribution in [3.8, 4) is 0 Å². The molecule has 2 spiro atoms. The second-order valence-corrected chi connectivity index (χ2v) is 37.6. The van der Waals surface area contributed by atoms with Crippen LogP contribution in [0.2, 0.25) is 0 Å². The number of amides is 1. The first-order valence-corrected chi connectivity index (χ1v) is 48.8. The Hall–Kier alpha value is -8.82. The van der Waals surface area contributed by atoms with E-state index in [0.717, 1.165) is 55.2 Å². The summed E-state index contributed by atoms with van der Waals surface area (Å²) in [6, 6.07) is 63.4. The van der Waals surface area contributed by atoms with Gasteiger partial charge in [0.05, 0.1) is 59.5 Å². The van der Waals surface area contributed by atoms with Crippen LogP contribution >= 0.6 is 0 Å². The molecule has 3 aliphatic carbocycles. The Morgan fingerprint density at radius 1 is 0.371 bits per heavy atom. The third kappa shape index (κ3) is 22.9. The van der Waals surface area contributed by atoms with Crippen LogP contribution in [0.3, 0.4) is 0 Å². The van der Waals surface area contributed by atoms with Crippen molar-refractivity contribution in [2.45, 2.75) is 333 Å². The lowest BCUT2D eigenvalue weighted by molar-refractivity contribution is -0.405. The molecule has 36 heteroatoms. The van der Waals surface area contributed by atoms with Crippen molar-refractivity contribution >= 4 is 17.8 Å². The SMILES string of the molecule is CC(=O)N[C@H]1[C@H](OC[C@H]2O[C@H](O[C@@H]3[C@@H](OCc4ccccc4)O[C@H](O[C@H]4[C@H](OC(C)=O)[C@@H]5OC6(CCCCC6)O[C@@H]5[C@H]5OC6(CCCCC6)O[C@H]45)[C@H](N=[N+]=[N-])[C@H]3OCc3ccccc3)[C@@H](OCc3ccccc3)[C@@H](O[C@H]3O[C@H](CO[C@H]4O[C@H](COC(C)=O)[C@@H]5OCO[C@@H]5[C@H]4OCc4ccccc4)[C@@H]4OCO[C@@H]4[C@H]3O)[C@@H]2OCc2ccccc2)OC2CO[C@@H](c3ccccc3)OC2[C@@H]1OCc1ccccc1. The third-order valence-corrected chi connectivity index (χ3v) is 28.0. The standard InChI is InChI=1S/C104H122N4O32/c1-61(109)106-75-82(115-50-65-33-15-5-16-34-65)81-74(58-120-96(132-81)70-43-25-10-26-44-70)128-97(75)121-56-73-80(114-49-64-31-13-4-14-32-64)86(134-99-77(112)84-78(123-59-125-84)72(129-99)57-122-100-93(117-52-67-37-19-7-20-38-67)85-79(124-60-126-85)71(130-100)55-113-62(2)110)94(118-53-68-39-21-8-22-40-68)102(131-73)135-95-83(116-51-66-35-17-6-18-36-66)76(107-108-105)98(136-101(95)119-54-69-41-23-9-24-42-69)133-88-87(127-63(3)111)89-91(139-103(137-89)45-27-11-28-46-103)92-90(88)138-104(140-92)47-29-12-30-48-104/h4-10,13-26,31-44,71-102,112H,11-12,27-30,45-60H2,1-3H3,(H,106,109)/t71-,72-,73-,74?,75-,76-,77-,78+,79+,80-,81?,82-,83-,84-,85+,86+,87+,88+,89+,90-,91+,92+,93-,94+,95+,96-,97-,98+,99-,100+,101+,102-/m1/s1. The van der Waals surface area contributed by atoms with Gasteiger partial charge >= 0.3 is 11.9 Å². The van der Waals surface area contributed by atoms with Crippen molar-refractivity contribution in [1.29, 1.82) is 0 Å². The molecule has 750 valence electrons. The highest BCUT2D eigenvalue weighted by molar-refractivity contribution is 5.73. The quantitative estimate of drug-likeness (QED) is 0.0159. The van der Waals surface area contributed by atoms with E-state index in [-0.39, 0.29) is 73.0 Å². The number of benzene rings is 7. The number of hydrogen-bond acceptors (Lipinski definition) is 33. The van der Waals surface area contributed by atoms with Crippen molar-refractivity contribution in [2.75, 3.05) is 40.0 Å². The lowest BCUT2D eigenvalue weighted by atomic mass is 9.84. The second-order valence-electron chi connectivity index (χ2n) is 37.6. The Bertz CT molecular complexity index is 5150. The van der Waals surface area contributed by atoms with Gasteiger partial charge in [0.2, 0.25) is 5.91 Å². The van der Waals surface area contributed by atoms with Crippen LogP contribution < -0.4 is 5.32 Å². The molecule has 32 atom stereocenters. The average molecular weight is 1940 g/mol. The Labute approximate surface area is 810 Å². The van der Waals surface area contributed by atoms with E-state index in [0.29, 0.717) is 47.9 Å². The Kier molecular flexibility index (Phi) is 32.4. The summed E-state index contributed by atoms with van der Waals surface area (Å²) in [6.45, 7) is 2.09. The van der Waals surface area contributed by atoms with Gasteiger partial charge in [-0.25, -0.2) is 0 Å². The molecule has 140 heavy (non-hydrogen) atoms. The summed E-state index contributed by atoms with van der Waals surface area (Å²) in [7, 11) is 0. The van der Waals surface area contributed by atoms with Crippen LogP contribution in [0.25, 0.3) is 10.4 Å². The molecule has 7 aromatic carbocycles. The molecule has 20 rings (SSSR count). The van der Waals surface area contributed by atoms with Crippen LogP contribution in [-0.4, -0.2) is 265 Å². The number of carbonyl (C=O) groups is 3. The van der Waals surface area contributed by atoms with Crippen LogP contribution in [0.4, 0.5) is 0 Å². The molecular formula is C104H122N4O32. The number of nitrogens with one attached hydrogen (secondary N) is 1. The predicted octanol–water partition coefficient (Wildman–Crippen LogP) is 11.4. The molecule has 0 radical (unpaired) electrons. The summed E-state index contributed by atoms with van der Waals surface area (Å²) < 4.78 is 196. The van der Waals surface area contributed by atoms with E-state index >= 15 is 0 Å². The lowest BCUT2D eigenvalue weighted by Crippen LogP contribution is -2.69. The van der Waals surface area contributed by atoms with Gasteiger partial charge in [0.1, 0.15) is 167 Å². The van der Waals surface area contributed by atoms with E-state index in [1.54, 1.807) is 0 Å². The highest BCUT2D eigenvalue weighted by atomic mass is 16.8. The number of carbonyl (C=O) groups excluding carboxylic acids is 3. The number of azide groups is 1. The molecule has 10 aliphatic heterocycles. The molecule has 13 aliphatic rings. The molecular weight excluding hydrogens is 1820 g/mol. The van der Waals surface area contributed by atoms with Crippen molar-refractivity contribution in [2.24, 2.45) is 5.11 Å². The van der Waals surface area contributed by atoms with Gasteiger partial charge < -0.3 is 143 Å². The van der Waals surface area contributed by atoms with Gasteiger partial charge in [-0.15, -0.1) is 0 Å². The number of aliphatic hydroxyl groups excluding tert-OH is 1. The molecule has 10 saturated heterocycles. The van der Waals surface area contributed by atoms with Crippen molar-refractivity contribution < 1.29 is 152 Å². The monoisotopic (exact) mass is 1940 g/mol. The summed E-state index contributed by atoms with van der Waals surface area (Å²) in [5.41, 5.74) is 16.5. The maximum absolute atomic E-state index is 14.1. The molecule has 7 aromatic rings. The Balaban J connectivity index is 0.703. The Morgan fingerprint density at radius 3 is 1.35 bits per heavy atom. The fraction of sp³-hybridized carbons (Fsp3) is 0.567. The number of nitrogens with zero attached hydrogens (tertiary/aromatic N) is 3. The van der Waals surface area contributed by atoms with E-state index in [2.05, 4.69) is 15.3 Å². The van der Waals surface area contributed by atoms with Crippen molar-refractivity contribution in [3.05, 3.63) is 262 Å². The maximum Gasteiger partial charge on any atom is 0.303 e. The zero-order chi connectivity index (χ0) is 95.5. The van der Waals surface area contributed by atoms with Crippen LogP contribution in [0.5, 0.6) is 0 Å². The van der Waals surface area contributed by atoms with E-state index in [1.165, 1.54) is 20.8 Å². The molecule has 3 saturated carbocycles.